The van der Waals surface area contributed by atoms with Gasteiger partial charge in [-0.25, -0.2) is 0 Å². The zero-order valence-electron chi connectivity index (χ0n) is 11.3. The lowest BCUT2D eigenvalue weighted by Crippen LogP contribution is -2.31. The number of hydrogen-bond donors (Lipinski definition) is 2. The molecule has 0 aliphatic heterocycles. The standard InChI is InChI=1S/C16H25NO/c1-13-6-5-7-14(10-13)11-17-16(12-18)15-8-3-2-4-9-15/h2-4,8-9,13-14,16-18H,5-7,10-12H2,1H3/t13?,14?,16-/m1/s1. The van der Waals surface area contributed by atoms with Crippen LogP contribution in [0.2, 0.25) is 0 Å². The van der Waals surface area contributed by atoms with Crippen LogP contribution in [0, 0.1) is 11.8 Å². The smallest absolute Gasteiger partial charge is 0.0626 e. The highest BCUT2D eigenvalue weighted by molar-refractivity contribution is 5.18. The first-order valence-electron chi connectivity index (χ1n) is 7.18. The summed E-state index contributed by atoms with van der Waals surface area (Å²) < 4.78 is 0. The summed E-state index contributed by atoms with van der Waals surface area (Å²) in [5, 5.41) is 13.0. The Balaban J connectivity index is 1.84. The van der Waals surface area contributed by atoms with E-state index < -0.39 is 0 Å². The normalized spacial score (nSPS) is 25.9. The second kappa shape index (κ2) is 6.91. The Hall–Kier alpha value is -0.860. The van der Waals surface area contributed by atoms with Crippen LogP contribution in [0.15, 0.2) is 30.3 Å². The number of hydrogen-bond acceptors (Lipinski definition) is 2. The van der Waals surface area contributed by atoms with Crippen LogP contribution in [-0.4, -0.2) is 18.3 Å². The molecule has 1 aliphatic carbocycles. The second-order valence-corrected chi connectivity index (χ2v) is 5.69. The summed E-state index contributed by atoms with van der Waals surface area (Å²) in [6.45, 7) is 3.56. The maximum atomic E-state index is 9.50. The average molecular weight is 247 g/mol. The Morgan fingerprint density at radius 2 is 2.06 bits per heavy atom. The molecular weight excluding hydrogens is 222 g/mol. The van der Waals surface area contributed by atoms with Gasteiger partial charge in [0.1, 0.15) is 0 Å². The van der Waals surface area contributed by atoms with E-state index in [1.54, 1.807) is 0 Å². The van der Waals surface area contributed by atoms with Crippen molar-refractivity contribution in [3.8, 4) is 0 Å². The maximum Gasteiger partial charge on any atom is 0.0626 e. The van der Waals surface area contributed by atoms with Crippen LogP contribution in [0.1, 0.15) is 44.2 Å². The minimum atomic E-state index is 0.0865. The Morgan fingerprint density at radius 1 is 1.28 bits per heavy atom. The number of benzene rings is 1. The van der Waals surface area contributed by atoms with Gasteiger partial charge in [0.05, 0.1) is 12.6 Å². The molecular formula is C16H25NO. The van der Waals surface area contributed by atoms with Crippen LogP contribution in [0.3, 0.4) is 0 Å². The van der Waals surface area contributed by atoms with Crippen LogP contribution in [0.25, 0.3) is 0 Å². The molecule has 0 spiro atoms. The van der Waals surface area contributed by atoms with E-state index in [2.05, 4.69) is 24.4 Å². The van der Waals surface area contributed by atoms with Crippen LogP contribution < -0.4 is 5.32 Å². The Labute approximate surface area is 110 Å². The summed E-state index contributed by atoms with van der Waals surface area (Å²) in [5.74, 6) is 1.65. The quantitative estimate of drug-likeness (QED) is 0.838. The monoisotopic (exact) mass is 247 g/mol. The largest absolute Gasteiger partial charge is 0.394 e. The molecule has 2 unspecified atom stereocenters. The van der Waals surface area contributed by atoms with Crippen molar-refractivity contribution in [3.63, 3.8) is 0 Å². The number of nitrogens with one attached hydrogen (secondary N) is 1. The Bertz CT molecular complexity index is 338. The summed E-state index contributed by atoms with van der Waals surface area (Å²) in [6, 6.07) is 10.3. The molecule has 0 heterocycles. The molecule has 100 valence electrons. The van der Waals surface area contributed by atoms with Crippen LogP contribution in [0.4, 0.5) is 0 Å². The first kappa shape index (κ1) is 13.6. The summed E-state index contributed by atoms with van der Waals surface area (Å²) in [6.07, 6.45) is 5.42. The van der Waals surface area contributed by atoms with E-state index in [-0.39, 0.29) is 12.6 Å². The third-order valence-corrected chi connectivity index (χ3v) is 4.08. The fourth-order valence-electron chi connectivity index (χ4n) is 3.03. The fourth-order valence-corrected chi connectivity index (χ4v) is 3.03. The van der Waals surface area contributed by atoms with Crippen molar-refractivity contribution in [1.82, 2.24) is 5.32 Å². The molecule has 0 amide bonds. The average Bonchev–Trinajstić information content (AvgIpc) is 2.41. The van der Waals surface area contributed by atoms with Gasteiger partial charge in [-0.15, -0.1) is 0 Å². The molecule has 2 rings (SSSR count). The number of aliphatic hydroxyl groups excluding tert-OH is 1. The van der Waals surface area contributed by atoms with Gasteiger partial charge in [0.2, 0.25) is 0 Å². The van der Waals surface area contributed by atoms with Crippen molar-refractivity contribution in [3.05, 3.63) is 35.9 Å². The van der Waals surface area contributed by atoms with Crippen molar-refractivity contribution in [2.75, 3.05) is 13.2 Å². The van der Waals surface area contributed by atoms with Crippen molar-refractivity contribution < 1.29 is 5.11 Å². The van der Waals surface area contributed by atoms with Gasteiger partial charge in [0.25, 0.3) is 0 Å². The zero-order chi connectivity index (χ0) is 12.8. The van der Waals surface area contributed by atoms with E-state index in [9.17, 15) is 5.11 Å². The molecule has 2 nitrogen and oxygen atoms in total. The van der Waals surface area contributed by atoms with Crippen LogP contribution in [0.5, 0.6) is 0 Å². The Kier molecular flexibility index (Phi) is 5.21. The molecule has 1 aromatic carbocycles. The molecule has 1 aromatic rings. The van der Waals surface area contributed by atoms with E-state index in [1.165, 1.54) is 31.2 Å². The molecule has 1 aliphatic rings. The molecule has 0 bridgehead atoms. The first-order valence-corrected chi connectivity index (χ1v) is 7.18. The van der Waals surface area contributed by atoms with Gasteiger partial charge in [-0.05, 0) is 36.8 Å². The molecule has 1 saturated carbocycles. The summed E-state index contributed by atoms with van der Waals surface area (Å²) in [5.41, 5.74) is 1.18. The fraction of sp³-hybridized carbons (Fsp3) is 0.625. The molecule has 0 saturated heterocycles. The van der Waals surface area contributed by atoms with Gasteiger partial charge < -0.3 is 10.4 Å². The summed E-state index contributed by atoms with van der Waals surface area (Å²) in [7, 11) is 0. The molecule has 18 heavy (non-hydrogen) atoms. The van der Waals surface area contributed by atoms with Crippen molar-refractivity contribution >= 4 is 0 Å². The lowest BCUT2D eigenvalue weighted by molar-refractivity contribution is 0.220. The number of aliphatic hydroxyl groups is 1. The van der Waals surface area contributed by atoms with Crippen molar-refractivity contribution in [2.45, 2.75) is 38.6 Å². The minimum Gasteiger partial charge on any atom is -0.394 e. The lowest BCUT2D eigenvalue weighted by Gasteiger charge is -2.28. The molecule has 2 N–H and O–H groups in total. The Morgan fingerprint density at radius 3 is 2.72 bits per heavy atom. The van der Waals surface area contributed by atoms with Gasteiger partial charge in [-0.2, -0.15) is 0 Å². The molecule has 3 atom stereocenters. The van der Waals surface area contributed by atoms with Crippen LogP contribution >= 0.6 is 0 Å². The van der Waals surface area contributed by atoms with Gasteiger partial charge >= 0.3 is 0 Å². The van der Waals surface area contributed by atoms with Crippen LogP contribution in [-0.2, 0) is 0 Å². The second-order valence-electron chi connectivity index (χ2n) is 5.69. The zero-order valence-corrected chi connectivity index (χ0v) is 11.3. The van der Waals surface area contributed by atoms with E-state index >= 15 is 0 Å². The third-order valence-electron chi connectivity index (χ3n) is 4.08. The van der Waals surface area contributed by atoms with Gasteiger partial charge in [-0.1, -0.05) is 50.1 Å². The maximum absolute atomic E-state index is 9.50. The SMILES string of the molecule is CC1CCCC(CN[C@H](CO)c2ccccc2)C1. The van der Waals surface area contributed by atoms with Gasteiger partial charge in [-0.3, -0.25) is 0 Å². The number of rotatable bonds is 5. The van der Waals surface area contributed by atoms with Gasteiger partial charge in [0, 0.05) is 0 Å². The predicted molar refractivity (Wildman–Crippen MR) is 75.4 cm³/mol. The first-order chi connectivity index (χ1) is 8.79. The van der Waals surface area contributed by atoms with E-state index in [4.69, 9.17) is 0 Å². The molecule has 0 radical (unpaired) electrons. The minimum absolute atomic E-state index is 0.0865. The van der Waals surface area contributed by atoms with Crippen molar-refractivity contribution in [2.24, 2.45) is 11.8 Å². The summed E-state index contributed by atoms with van der Waals surface area (Å²) >= 11 is 0. The highest BCUT2D eigenvalue weighted by Crippen LogP contribution is 2.28. The summed E-state index contributed by atoms with van der Waals surface area (Å²) in [4.78, 5) is 0. The third kappa shape index (κ3) is 3.82. The lowest BCUT2D eigenvalue weighted by atomic mass is 9.82. The van der Waals surface area contributed by atoms with E-state index in [1.807, 2.05) is 18.2 Å². The highest BCUT2D eigenvalue weighted by Gasteiger charge is 2.20. The van der Waals surface area contributed by atoms with Crippen molar-refractivity contribution in [1.29, 1.82) is 0 Å². The molecule has 0 aromatic heterocycles. The van der Waals surface area contributed by atoms with Gasteiger partial charge in [0.15, 0.2) is 0 Å². The molecule has 2 heteroatoms. The van der Waals surface area contributed by atoms with E-state index in [0.29, 0.717) is 0 Å². The predicted octanol–water partition coefficient (Wildman–Crippen LogP) is 3.14. The highest BCUT2D eigenvalue weighted by atomic mass is 16.3. The topological polar surface area (TPSA) is 32.3 Å². The van der Waals surface area contributed by atoms with E-state index in [0.717, 1.165) is 18.4 Å². The molecule has 1 fully saturated rings.